The van der Waals surface area contributed by atoms with Crippen LogP contribution in [0.5, 0.6) is 5.75 Å². The van der Waals surface area contributed by atoms with Gasteiger partial charge in [-0.2, -0.15) is 0 Å². The molecule has 148 valence electrons. The Morgan fingerprint density at radius 3 is 2.69 bits per heavy atom. The van der Waals surface area contributed by atoms with Gasteiger partial charge in [-0.05, 0) is 59.8 Å². The van der Waals surface area contributed by atoms with Crippen LogP contribution in [0.4, 0.5) is 10.5 Å². The van der Waals surface area contributed by atoms with Crippen LogP contribution in [0.2, 0.25) is 0 Å². The van der Waals surface area contributed by atoms with E-state index in [1.165, 1.54) is 0 Å². The Hall–Kier alpha value is -2.84. The summed E-state index contributed by atoms with van der Waals surface area (Å²) in [6.07, 6.45) is 3.25. The zero-order valence-electron chi connectivity index (χ0n) is 15.3. The van der Waals surface area contributed by atoms with Crippen molar-refractivity contribution in [1.82, 2.24) is 4.90 Å². The van der Waals surface area contributed by atoms with Crippen LogP contribution in [0.25, 0.3) is 6.08 Å². The lowest BCUT2D eigenvalue weighted by atomic mass is 10.2. The molecule has 0 aliphatic carbocycles. The normalized spacial score (nSPS) is 14.9. The zero-order chi connectivity index (χ0) is 20.8. The number of carbonyl (C=O) groups excluding carboxylic acids is 3. The molecule has 1 aliphatic rings. The minimum atomic E-state index is -0.497. The van der Waals surface area contributed by atoms with Gasteiger partial charge in [0, 0.05) is 10.2 Å². The fraction of sp³-hybridized carbons (Fsp3) is 0.0952. The summed E-state index contributed by atoms with van der Waals surface area (Å²) in [7, 11) is 0. The quantitative estimate of drug-likeness (QED) is 0.467. The highest BCUT2D eigenvalue weighted by atomic mass is 79.9. The van der Waals surface area contributed by atoms with E-state index in [2.05, 4.69) is 27.8 Å². The van der Waals surface area contributed by atoms with E-state index in [9.17, 15) is 14.4 Å². The summed E-state index contributed by atoms with van der Waals surface area (Å²) in [5.74, 6) is -0.314. The predicted molar refractivity (Wildman–Crippen MR) is 118 cm³/mol. The van der Waals surface area contributed by atoms with Crippen molar-refractivity contribution >= 4 is 56.5 Å². The number of nitrogens with zero attached hydrogens (tertiary/aromatic N) is 1. The van der Waals surface area contributed by atoms with Crippen LogP contribution >= 0.6 is 27.7 Å². The molecule has 0 bridgehead atoms. The molecule has 2 aromatic rings. The number of hydrogen-bond donors (Lipinski definition) is 1. The topological polar surface area (TPSA) is 75.7 Å². The van der Waals surface area contributed by atoms with Gasteiger partial charge in [-0.15, -0.1) is 0 Å². The molecule has 0 unspecified atom stereocenters. The van der Waals surface area contributed by atoms with Gasteiger partial charge in [0.25, 0.3) is 11.1 Å². The number of anilines is 1. The molecule has 0 saturated carbocycles. The lowest BCUT2D eigenvalue weighted by Crippen LogP contribution is -2.36. The van der Waals surface area contributed by atoms with Crippen LogP contribution in [-0.4, -0.2) is 35.1 Å². The molecule has 0 spiro atoms. The van der Waals surface area contributed by atoms with Gasteiger partial charge in [-0.3, -0.25) is 19.3 Å². The lowest BCUT2D eigenvalue weighted by molar-refractivity contribution is -0.127. The number of rotatable bonds is 7. The van der Waals surface area contributed by atoms with Crippen molar-refractivity contribution in [3.63, 3.8) is 0 Å². The molecule has 1 aliphatic heterocycles. The number of carbonyl (C=O) groups is 3. The molecular weight excluding hydrogens is 456 g/mol. The van der Waals surface area contributed by atoms with Gasteiger partial charge in [-0.25, -0.2) is 0 Å². The fourth-order valence-electron chi connectivity index (χ4n) is 2.51. The Balaban J connectivity index is 1.67. The van der Waals surface area contributed by atoms with Crippen molar-refractivity contribution < 1.29 is 19.1 Å². The summed E-state index contributed by atoms with van der Waals surface area (Å²) in [6, 6.07) is 14.1. The smallest absolute Gasteiger partial charge is 0.294 e. The molecule has 2 aromatic carbocycles. The molecule has 1 fully saturated rings. The Bertz CT molecular complexity index is 988. The molecular formula is C21H17BrN2O4S. The maximum absolute atomic E-state index is 12.6. The highest BCUT2D eigenvalue weighted by molar-refractivity contribution is 9.10. The standard InChI is InChI=1S/C21H17BrN2O4S/c1-2-10-28-17-5-3-4-14(11-17)12-18-20(26)24(21(27)29-18)13-19(25)23-16-8-6-15(22)7-9-16/h2-9,11-12H,1,10,13H2,(H,23,25)/b18-12+. The number of nitrogens with one attached hydrogen (secondary N) is 1. The predicted octanol–water partition coefficient (Wildman–Crippen LogP) is 4.69. The number of benzene rings is 2. The van der Waals surface area contributed by atoms with Crippen LogP contribution in [0.15, 0.2) is 70.6 Å². The highest BCUT2D eigenvalue weighted by Gasteiger charge is 2.36. The van der Waals surface area contributed by atoms with Crippen molar-refractivity contribution in [2.24, 2.45) is 0 Å². The van der Waals surface area contributed by atoms with E-state index in [0.717, 1.165) is 26.7 Å². The first-order valence-corrected chi connectivity index (χ1v) is 10.2. The second kappa shape index (κ2) is 9.58. The Kier molecular flexibility index (Phi) is 6.90. The van der Waals surface area contributed by atoms with Crippen molar-refractivity contribution in [2.75, 3.05) is 18.5 Å². The number of thioether (sulfide) groups is 1. The van der Waals surface area contributed by atoms with Gasteiger partial charge in [0.1, 0.15) is 18.9 Å². The summed E-state index contributed by atoms with van der Waals surface area (Å²) in [5.41, 5.74) is 1.30. The molecule has 29 heavy (non-hydrogen) atoms. The van der Waals surface area contributed by atoms with Gasteiger partial charge in [0.05, 0.1) is 4.91 Å². The average Bonchev–Trinajstić information content (AvgIpc) is 2.96. The van der Waals surface area contributed by atoms with Gasteiger partial charge in [0.2, 0.25) is 5.91 Å². The van der Waals surface area contributed by atoms with Gasteiger partial charge in [0.15, 0.2) is 0 Å². The molecule has 6 nitrogen and oxygen atoms in total. The van der Waals surface area contributed by atoms with Crippen molar-refractivity contribution in [3.8, 4) is 5.75 Å². The second-order valence-corrected chi connectivity index (χ2v) is 7.90. The summed E-state index contributed by atoms with van der Waals surface area (Å²) in [4.78, 5) is 38.2. The first-order chi connectivity index (χ1) is 14.0. The molecule has 8 heteroatoms. The molecule has 0 aromatic heterocycles. The average molecular weight is 473 g/mol. The molecule has 1 heterocycles. The summed E-state index contributed by atoms with van der Waals surface area (Å²) >= 11 is 4.12. The van der Waals surface area contributed by atoms with Crippen molar-refractivity contribution in [3.05, 3.63) is 76.1 Å². The summed E-state index contributed by atoms with van der Waals surface area (Å²) < 4.78 is 6.35. The lowest BCUT2D eigenvalue weighted by Gasteiger charge is -2.12. The highest BCUT2D eigenvalue weighted by Crippen LogP contribution is 2.32. The van der Waals surface area contributed by atoms with E-state index in [0.29, 0.717) is 18.0 Å². The van der Waals surface area contributed by atoms with Crippen molar-refractivity contribution in [1.29, 1.82) is 0 Å². The van der Waals surface area contributed by atoms with Crippen LogP contribution < -0.4 is 10.1 Å². The molecule has 3 rings (SSSR count). The number of halogens is 1. The molecule has 0 atom stereocenters. The molecule has 0 radical (unpaired) electrons. The summed E-state index contributed by atoms with van der Waals surface area (Å²) in [5, 5.41) is 2.19. The van der Waals surface area contributed by atoms with E-state index >= 15 is 0 Å². The third-order valence-corrected chi connectivity index (χ3v) is 5.26. The van der Waals surface area contributed by atoms with E-state index in [1.807, 2.05) is 0 Å². The number of ether oxygens (including phenoxy) is 1. The van der Waals surface area contributed by atoms with Gasteiger partial charge >= 0.3 is 0 Å². The number of hydrogen-bond acceptors (Lipinski definition) is 5. The minimum absolute atomic E-state index is 0.257. The largest absolute Gasteiger partial charge is 0.490 e. The van der Waals surface area contributed by atoms with Gasteiger partial charge in [-0.1, -0.05) is 40.7 Å². The van der Waals surface area contributed by atoms with E-state index in [-0.39, 0.29) is 11.4 Å². The maximum Gasteiger partial charge on any atom is 0.294 e. The number of imide groups is 1. The van der Waals surface area contributed by atoms with E-state index in [4.69, 9.17) is 4.74 Å². The summed E-state index contributed by atoms with van der Waals surface area (Å²) in [6.45, 7) is 3.62. The molecule has 1 N–H and O–H groups in total. The molecule has 1 saturated heterocycles. The van der Waals surface area contributed by atoms with E-state index < -0.39 is 17.1 Å². The third kappa shape index (κ3) is 5.58. The Morgan fingerprint density at radius 1 is 1.21 bits per heavy atom. The van der Waals surface area contributed by atoms with Crippen LogP contribution in [0.1, 0.15) is 5.56 Å². The maximum atomic E-state index is 12.6. The second-order valence-electron chi connectivity index (χ2n) is 6.00. The molecule has 3 amide bonds. The van der Waals surface area contributed by atoms with Gasteiger partial charge < -0.3 is 10.1 Å². The fourth-order valence-corrected chi connectivity index (χ4v) is 3.62. The Morgan fingerprint density at radius 2 is 1.97 bits per heavy atom. The van der Waals surface area contributed by atoms with Crippen LogP contribution in [0.3, 0.4) is 0 Å². The van der Waals surface area contributed by atoms with Crippen LogP contribution in [-0.2, 0) is 9.59 Å². The number of amides is 3. The van der Waals surface area contributed by atoms with E-state index in [1.54, 1.807) is 60.7 Å². The first-order valence-electron chi connectivity index (χ1n) is 8.61. The Labute approximate surface area is 180 Å². The third-order valence-electron chi connectivity index (χ3n) is 3.83. The zero-order valence-corrected chi connectivity index (χ0v) is 17.7. The van der Waals surface area contributed by atoms with Crippen LogP contribution in [0, 0.1) is 0 Å². The van der Waals surface area contributed by atoms with Crippen molar-refractivity contribution in [2.45, 2.75) is 0 Å². The first kappa shape index (κ1) is 20.9. The minimum Gasteiger partial charge on any atom is -0.490 e. The monoisotopic (exact) mass is 472 g/mol. The SMILES string of the molecule is C=CCOc1cccc(/C=C2/SC(=O)N(CC(=O)Nc3ccc(Br)cc3)C2=O)c1.